The van der Waals surface area contributed by atoms with Crippen molar-refractivity contribution < 1.29 is 27.1 Å². The van der Waals surface area contributed by atoms with Gasteiger partial charge in [-0.25, -0.2) is 22.4 Å². The summed E-state index contributed by atoms with van der Waals surface area (Å²) in [7, 11) is 0. The average molecular weight is 286 g/mol. The van der Waals surface area contributed by atoms with Crippen LogP contribution < -0.4 is 5.32 Å². The Hall–Kier alpha value is -1.50. The smallest absolute Gasteiger partial charge is 0.407 e. The molecule has 2 rings (SSSR count). The van der Waals surface area contributed by atoms with Crippen LogP contribution in [0.1, 0.15) is 18.0 Å². The first-order chi connectivity index (χ1) is 8.00. The van der Waals surface area contributed by atoms with Gasteiger partial charge in [-0.1, -0.05) is 0 Å². The maximum atomic E-state index is 13.4. The molecule has 1 aromatic rings. The molecule has 8 heteroatoms. The van der Waals surface area contributed by atoms with Crippen molar-refractivity contribution in [1.29, 1.82) is 0 Å². The molecular weight excluding hydrogens is 278 g/mol. The van der Waals surface area contributed by atoms with Crippen LogP contribution in [0.3, 0.4) is 0 Å². The maximum Gasteiger partial charge on any atom is 0.407 e. The van der Waals surface area contributed by atoms with Crippen LogP contribution >= 0.6 is 12.4 Å². The first kappa shape index (κ1) is 14.6. The van der Waals surface area contributed by atoms with Crippen molar-refractivity contribution in [2.24, 2.45) is 0 Å². The van der Waals surface area contributed by atoms with E-state index in [0.29, 0.717) is 0 Å². The van der Waals surface area contributed by atoms with E-state index in [1.54, 1.807) is 0 Å². The van der Waals surface area contributed by atoms with Crippen LogP contribution in [0.2, 0.25) is 0 Å². The summed E-state index contributed by atoms with van der Waals surface area (Å²) in [5.41, 5.74) is -0.820. The van der Waals surface area contributed by atoms with Gasteiger partial charge in [0.05, 0.1) is 18.2 Å². The minimum Gasteiger partial charge on any atom is -0.449 e. The van der Waals surface area contributed by atoms with Gasteiger partial charge in [-0.2, -0.15) is 0 Å². The van der Waals surface area contributed by atoms with Gasteiger partial charge in [0, 0.05) is 12.5 Å². The van der Waals surface area contributed by atoms with E-state index in [-0.39, 0.29) is 31.5 Å². The quantitative estimate of drug-likeness (QED) is 0.636. The van der Waals surface area contributed by atoms with Gasteiger partial charge >= 0.3 is 6.09 Å². The van der Waals surface area contributed by atoms with E-state index in [1.165, 1.54) is 0 Å². The molecule has 1 fully saturated rings. The molecule has 3 nitrogen and oxygen atoms in total. The minimum absolute atomic E-state index is 0. The molecule has 0 bridgehead atoms. The second-order valence-electron chi connectivity index (χ2n) is 3.50. The molecule has 1 saturated heterocycles. The van der Waals surface area contributed by atoms with Crippen molar-refractivity contribution in [3.05, 3.63) is 34.9 Å². The molecule has 0 saturated carbocycles. The SMILES string of the molecule is Cl.O=C1N[C@H](c2c(F)c(F)cc(F)c2F)CCO1. The van der Waals surface area contributed by atoms with Gasteiger partial charge in [0.25, 0.3) is 0 Å². The second-order valence-corrected chi connectivity index (χ2v) is 3.50. The van der Waals surface area contributed by atoms with Crippen LogP contribution in [0.25, 0.3) is 0 Å². The fourth-order valence-corrected chi connectivity index (χ4v) is 1.64. The van der Waals surface area contributed by atoms with Gasteiger partial charge in [0.1, 0.15) is 0 Å². The first-order valence-electron chi connectivity index (χ1n) is 4.77. The fraction of sp³-hybridized carbons (Fsp3) is 0.300. The van der Waals surface area contributed by atoms with Crippen molar-refractivity contribution in [2.45, 2.75) is 12.5 Å². The lowest BCUT2D eigenvalue weighted by Gasteiger charge is -2.24. The molecule has 0 aromatic heterocycles. The van der Waals surface area contributed by atoms with Crippen LogP contribution in [0, 0.1) is 23.3 Å². The number of hydrogen-bond donors (Lipinski definition) is 1. The molecule has 0 unspecified atom stereocenters. The Morgan fingerprint density at radius 2 is 1.72 bits per heavy atom. The molecule has 1 aliphatic rings. The monoisotopic (exact) mass is 285 g/mol. The van der Waals surface area contributed by atoms with Crippen molar-refractivity contribution in [1.82, 2.24) is 5.32 Å². The normalized spacial score (nSPS) is 18.7. The predicted octanol–water partition coefficient (Wildman–Crippen LogP) is 2.84. The lowest BCUT2D eigenvalue weighted by atomic mass is 10.0. The summed E-state index contributed by atoms with van der Waals surface area (Å²) in [6.07, 6.45) is -0.854. The zero-order valence-electron chi connectivity index (χ0n) is 8.81. The molecule has 0 spiro atoms. The van der Waals surface area contributed by atoms with E-state index in [4.69, 9.17) is 0 Å². The van der Waals surface area contributed by atoms with Crippen molar-refractivity contribution in [2.75, 3.05) is 6.61 Å². The Morgan fingerprint density at radius 1 is 1.17 bits per heavy atom. The number of nitrogens with one attached hydrogen (secondary N) is 1. The Morgan fingerprint density at radius 3 is 2.22 bits per heavy atom. The number of carbonyl (C=O) groups excluding carboxylic acids is 1. The summed E-state index contributed by atoms with van der Waals surface area (Å²) in [5.74, 6) is -6.01. The number of carbonyl (C=O) groups is 1. The summed E-state index contributed by atoms with van der Waals surface area (Å²) in [6.45, 7) is -0.0759. The lowest BCUT2D eigenvalue weighted by molar-refractivity contribution is 0.114. The molecule has 18 heavy (non-hydrogen) atoms. The fourth-order valence-electron chi connectivity index (χ4n) is 1.64. The minimum atomic E-state index is -1.50. The summed E-state index contributed by atoms with van der Waals surface area (Å²) < 4.78 is 57.1. The number of cyclic esters (lactones) is 1. The van der Waals surface area contributed by atoms with Gasteiger partial charge in [0.2, 0.25) is 0 Å². The Bertz CT molecular complexity index is 457. The summed E-state index contributed by atoms with van der Waals surface area (Å²) in [6, 6.07) is -1.02. The molecule has 1 heterocycles. The van der Waals surface area contributed by atoms with Crippen LogP contribution in [0.4, 0.5) is 22.4 Å². The van der Waals surface area contributed by atoms with Gasteiger partial charge in [0.15, 0.2) is 23.3 Å². The molecule has 1 N–H and O–H groups in total. The summed E-state index contributed by atoms with van der Waals surface area (Å²) in [4.78, 5) is 10.9. The van der Waals surface area contributed by atoms with Crippen molar-refractivity contribution in [3.63, 3.8) is 0 Å². The van der Waals surface area contributed by atoms with Crippen LogP contribution in [0.5, 0.6) is 0 Å². The standard InChI is InChI=1S/C10H7F4NO2.ClH/c11-4-3-5(12)9(14)7(8(4)13)6-1-2-17-10(16)15-6;/h3,6H,1-2H2,(H,15,16);1H/t6-;/m0./s1. The zero-order chi connectivity index (χ0) is 12.6. The van der Waals surface area contributed by atoms with E-state index >= 15 is 0 Å². The number of alkyl carbamates (subject to hydrolysis) is 1. The average Bonchev–Trinajstić information content (AvgIpc) is 2.27. The van der Waals surface area contributed by atoms with Crippen LogP contribution in [-0.4, -0.2) is 12.7 Å². The van der Waals surface area contributed by atoms with E-state index in [1.807, 2.05) is 0 Å². The third-order valence-corrected chi connectivity index (χ3v) is 2.43. The van der Waals surface area contributed by atoms with E-state index in [9.17, 15) is 22.4 Å². The Balaban J connectivity index is 0.00000162. The molecule has 0 radical (unpaired) electrons. The highest BCUT2D eigenvalue weighted by Crippen LogP contribution is 2.28. The van der Waals surface area contributed by atoms with Crippen molar-refractivity contribution in [3.8, 4) is 0 Å². The van der Waals surface area contributed by atoms with Crippen LogP contribution in [-0.2, 0) is 4.74 Å². The summed E-state index contributed by atoms with van der Waals surface area (Å²) in [5, 5.41) is 2.09. The molecule has 1 aromatic carbocycles. The number of halogens is 5. The number of ether oxygens (including phenoxy) is 1. The third kappa shape index (κ3) is 2.50. The molecule has 100 valence electrons. The molecule has 1 amide bonds. The Kier molecular flexibility index (Phi) is 4.39. The van der Waals surface area contributed by atoms with Gasteiger partial charge < -0.3 is 10.1 Å². The molecule has 1 atom stereocenters. The topological polar surface area (TPSA) is 38.3 Å². The molecule has 1 aliphatic heterocycles. The van der Waals surface area contributed by atoms with Crippen LogP contribution in [0.15, 0.2) is 6.07 Å². The third-order valence-electron chi connectivity index (χ3n) is 2.43. The Labute approximate surface area is 106 Å². The summed E-state index contributed by atoms with van der Waals surface area (Å²) >= 11 is 0. The highest BCUT2D eigenvalue weighted by molar-refractivity contribution is 5.85. The van der Waals surface area contributed by atoms with E-state index in [2.05, 4.69) is 10.1 Å². The number of hydrogen-bond acceptors (Lipinski definition) is 2. The number of rotatable bonds is 1. The van der Waals surface area contributed by atoms with Crippen molar-refractivity contribution >= 4 is 18.5 Å². The zero-order valence-corrected chi connectivity index (χ0v) is 9.62. The highest BCUT2D eigenvalue weighted by Gasteiger charge is 2.29. The first-order valence-corrected chi connectivity index (χ1v) is 4.77. The van der Waals surface area contributed by atoms with E-state index in [0.717, 1.165) is 0 Å². The highest BCUT2D eigenvalue weighted by atomic mass is 35.5. The number of benzene rings is 1. The maximum absolute atomic E-state index is 13.4. The largest absolute Gasteiger partial charge is 0.449 e. The second kappa shape index (κ2) is 5.43. The molecule has 0 aliphatic carbocycles. The van der Waals surface area contributed by atoms with E-state index < -0.39 is 41.0 Å². The van der Waals surface area contributed by atoms with Gasteiger partial charge in [-0.15, -0.1) is 12.4 Å². The lowest BCUT2D eigenvalue weighted by Crippen LogP contribution is -2.36. The molecular formula is C10H8ClF4NO2. The number of amides is 1. The van der Waals surface area contributed by atoms with Gasteiger partial charge in [-0.3, -0.25) is 0 Å². The predicted molar refractivity (Wildman–Crippen MR) is 55.4 cm³/mol. The van der Waals surface area contributed by atoms with Gasteiger partial charge in [-0.05, 0) is 0 Å².